The van der Waals surface area contributed by atoms with Crippen LogP contribution in [0.25, 0.3) is 0 Å². The number of aryl methyl sites for hydroxylation is 2. The molecule has 1 heterocycles. The van der Waals surface area contributed by atoms with Crippen molar-refractivity contribution < 1.29 is 9.13 Å². The quantitative estimate of drug-likeness (QED) is 0.688. The normalized spacial score (nSPS) is 10.8. The second-order valence-electron chi connectivity index (χ2n) is 3.96. The second-order valence-corrected chi connectivity index (χ2v) is 6.01. The standard InChI is InChI=1S/C12H10Br2ClFN2O/c1-6-12(14)10(18(2)17-6)5-19-11-4-9(16)8(15)3-7(11)13/h3-4H,5H2,1-2H3. The maximum atomic E-state index is 13.4. The molecule has 0 aliphatic heterocycles. The summed E-state index contributed by atoms with van der Waals surface area (Å²) in [5.74, 6) is -0.118. The lowest BCUT2D eigenvalue weighted by Gasteiger charge is -2.09. The molecule has 2 aromatic rings. The number of benzene rings is 1. The van der Waals surface area contributed by atoms with E-state index in [9.17, 15) is 4.39 Å². The Morgan fingerprint density at radius 1 is 1.42 bits per heavy atom. The van der Waals surface area contributed by atoms with Crippen LogP contribution in [0, 0.1) is 12.7 Å². The van der Waals surface area contributed by atoms with Gasteiger partial charge < -0.3 is 4.74 Å². The highest BCUT2D eigenvalue weighted by molar-refractivity contribution is 9.10. The number of hydrogen-bond acceptors (Lipinski definition) is 2. The van der Waals surface area contributed by atoms with Gasteiger partial charge in [0, 0.05) is 13.1 Å². The van der Waals surface area contributed by atoms with Gasteiger partial charge in [-0.2, -0.15) is 5.10 Å². The fourth-order valence-electron chi connectivity index (χ4n) is 1.60. The van der Waals surface area contributed by atoms with Crippen molar-refractivity contribution in [1.82, 2.24) is 9.78 Å². The molecule has 0 fully saturated rings. The lowest BCUT2D eigenvalue weighted by atomic mass is 10.3. The first kappa shape index (κ1) is 14.8. The first-order valence-electron chi connectivity index (χ1n) is 5.35. The average molecular weight is 412 g/mol. The third-order valence-electron chi connectivity index (χ3n) is 2.60. The first-order valence-corrected chi connectivity index (χ1v) is 7.32. The smallest absolute Gasteiger partial charge is 0.145 e. The highest BCUT2D eigenvalue weighted by atomic mass is 79.9. The van der Waals surface area contributed by atoms with Crippen molar-refractivity contribution in [3.05, 3.63) is 43.3 Å². The van der Waals surface area contributed by atoms with Crippen LogP contribution in [-0.2, 0) is 13.7 Å². The molecule has 0 aliphatic rings. The van der Waals surface area contributed by atoms with E-state index in [0.29, 0.717) is 10.2 Å². The maximum Gasteiger partial charge on any atom is 0.145 e. The zero-order valence-corrected chi connectivity index (χ0v) is 14.1. The van der Waals surface area contributed by atoms with E-state index in [-0.39, 0.29) is 11.6 Å². The predicted molar refractivity (Wildman–Crippen MR) is 79.1 cm³/mol. The second kappa shape index (κ2) is 5.81. The van der Waals surface area contributed by atoms with E-state index in [2.05, 4.69) is 37.0 Å². The maximum absolute atomic E-state index is 13.4. The van der Waals surface area contributed by atoms with E-state index < -0.39 is 5.82 Å². The van der Waals surface area contributed by atoms with Gasteiger partial charge in [0.05, 0.1) is 25.4 Å². The summed E-state index contributed by atoms with van der Waals surface area (Å²) in [6, 6.07) is 2.72. The van der Waals surface area contributed by atoms with Crippen LogP contribution >= 0.6 is 43.5 Å². The number of aromatic nitrogens is 2. The fourth-order valence-corrected chi connectivity index (χ4v) is 2.80. The Labute approximate surface area is 132 Å². The minimum absolute atomic E-state index is 0.0526. The first-order chi connectivity index (χ1) is 8.90. The Balaban J connectivity index is 2.21. The monoisotopic (exact) mass is 410 g/mol. The molecule has 0 amide bonds. The summed E-state index contributed by atoms with van der Waals surface area (Å²) in [6.45, 7) is 2.17. The summed E-state index contributed by atoms with van der Waals surface area (Å²) in [7, 11) is 1.83. The summed E-state index contributed by atoms with van der Waals surface area (Å²) in [5, 5.41) is 4.31. The Bertz CT molecular complexity index is 631. The molecule has 3 nitrogen and oxygen atoms in total. The van der Waals surface area contributed by atoms with Crippen LogP contribution in [0.5, 0.6) is 5.75 Å². The SMILES string of the molecule is Cc1nn(C)c(COc2cc(F)c(Cl)cc2Br)c1Br. The van der Waals surface area contributed by atoms with Crippen molar-refractivity contribution in [2.45, 2.75) is 13.5 Å². The van der Waals surface area contributed by atoms with Gasteiger partial charge in [-0.05, 0) is 44.8 Å². The molecule has 0 unspecified atom stereocenters. The fraction of sp³-hybridized carbons (Fsp3) is 0.250. The average Bonchev–Trinajstić information content (AvgIpc) is 2.57. The zero-order chi connectivity index (χ0) is 14.2. The highest BCUT2D eigenvalue weighted by Gasteiger charge is 2.13. The van der Waals surface area contributed by atoms with Gasteiger partial charge in [0.25, 0.3) is 0 Å². The molecule has 0 saturated carbocycles. The predicted octanol–water partition coefficient (Wildman–Crippen LogP) is 4.63. The van der Waals surface area contributed by atoms with Gasteiger partial charge in [0.2, 0.25) is 0 Å². The van der Waals surface area contributed by atoms with E-state index in [1.165, 1.54) is 12.1 Å². The molecular weight excluding hydrogens is 402 g/mol. The number of halogens is 4. The van der Waals surface area contributed by atoms with Crippen LogP contribution in [-0.4, -0.2) is 9.78 Å². The zero-order valence-electron chi connectivity index (χ0n) is 10.2. The van der Waals surface area contributed by atoms with Gasteiger partial charge in [-0.15, -0.1) is 0 Å². The van der Waals surface area contributed by atoms with E-state index in [0.717, 1.165) is 15.9 Å². The molecular formula is C12H10Br2ClFN2O. The Morgan fingerprint density at radius 3 is 2.68 bits per heavy atom. The molecule has 0 N–H and O–H groups in total. The minimum atomic E-state index is -0.514. The molecule has 7 heteroatoms. The van der Waals surface area contributed by atoms with Crippen molar-refractivity contribution >= 4 is 43.5 Å². The van der Waals surface area contributed by atoms with Crippen LogP contribution < -0.4 is 4.74 Å². The molecule has 0 radical (unpaired) electrons. The van der Waals surface area contributed by atoms with Crippen LogP contribution in [0.4, 0.5) is 4.39 Å². The van der Waals surface area contributed by atoms with Gasteiger partial charge >= 0.3 is 0 Å². The molecule has 1 aromatic carbocycles. The molecule has 0 spiro atoms. The molecule has 0 bridgehead atoms. The van der Waals surface area contributed by atoms with Gasteiger partial charge in [0.1, 0.15) is 18.2 Å². The molecule has 0 aliphatic carbocycles. The van der Waals surface area contributed by atoms with Gasteiger partial charge in [-0.1, -0.05) is 11.6 Å². The number of hydrogen-bond donors (Lipinski definition) is 0. The van der Waals surface area contributed by atoms with Gasteiger partial charge in [0.15, 0.2) is 0 Å². The van der Waals surface area contributed by atoms with Crippen LogP contribution in [0.1, 0.15) is 11.4 Å². The third kappa shape index (κ3) is 3.12. The number of nitrogens with zero attached hydrogens (tertiary/aromatic N) is 2. The molecule has 1 aromatic heterocycles. The van der Waals surface area contributed by atoms with Gasteiger partial charge in [-0.25, -0.2) is 4.39 Å². The summed E-state index contributed by atoms with van der Waals surface area (Å²) < 4.78 is 22.2. The van der Waals surface area contributed by atoms with Crippen molar-refractivity contribution in [3.8, 4) is 5.75 Å². The largest absolute Gasteiger partial charge is 0.486 e. The Hall–Kier alpha value is -0.590. The minimum Gasteiger partial charge on any atom is -0.486 e. The topological polar surface area (TPSA) is 27.1 Å². The highest BCUT2D eigenvalue weighted by Crippen LogP contribution is 2.31. The summed E-state index contributed by atoms with van der Waals surface area (Å²) in [4.78, 5) is 0. The lowest BCUT2D eigenvalue weighted by molar-refractivity contribution is 0.291. The number of ether oxygens (including phenoxy) is 1. The number of rotatable bonds is 3. The van der Waals surface area contributed by atoms with Crippen LogP contribution in [0.2, 0.25) is 5.02 Å². The Kier molecular flexibility index (Phi) is 4.53. The Morgan fingerprint density at radius 2 is 2.11 bits per heavy atom. The van der Waals surface area contributed by atoms with Gasteiger partial charge in [-0.3, -0.25) is 4.68 Å². The van der Waals surface area contributed by atoms with E-state index >= 15 is 0 Å². The summed E-state index contributed by atoms with van der Waals surface area (Å²) in [6.07, 6.45) is 0. The molecule has 0 atom stereocenters. The molecule has 102 valence electrons. The van der Waals surface area contributed by atoms with Crippen LogP contribution in [0.15, 0.2) is 21.1 Å². The van der Waals surface area contributed by atoms with Crippen molar-refractivity contribution in [2.24, 2.45) is 7.05 Å². The summed E-state index contributed by atoms with van der Waals surface area (Å²) >= 11 is 12.4. The van der Waals surface area contributed by atoms with E-state index in [1.54, 1.807) is 4.68 Å². The summed E-state index contributed by atoms with van der Waals surface area (Å²) in [5.41, 5.74) is 1.75. The van der Waals surface area contributed by atoms with Crippen molar-refractivity contribution in [2.75, 3.05) is 0 Å². The molecule has 19 heavy (non-hydrogen) atoms. The van der Waals surface area contributed by atoms with Crippen LogP contribution in [0.3, 0.4) is 0 Å². The van der Waals surface area contributed by atoms with E-state index in [1.807, 2.05) is 14.0 Å². The molecule has 2 rings (SSSR count). The third-order valence-corrected chi connectivity index (χ3v) is 4.54. The van der Waals surface area contributed by atoms with E-state index in [4.69, 9.17) is 16.3 Å². The lowest BCUT2D eigenvalue weighted by Crippen LogP contribution is -2.04. The van der Waals surface area contributed by atoms with Crippen molar-refractivity contribution in [1.29, 1.82) is 0 Å². The van der Waals surface area contributed by atoms with Crippen molar-refractivity contribution in [3.63, 3.8) is 0 Å². The molecule has 0 saturated heterocycles.